The van der Waals surface area contributed by atoms with Crippen LogP contribution >= 0.6 is 0 Å². The lowest BCUT2D eigenvalue weighted by Crippen LogP contribution is -2.42. The maximum Gasteiger partial charge on any atom is 0.317 e. The third-order valence-corrected chi connectivity index (χ3v) is 3.43. The Morgan fingerprint density at radius 1 is 1.53 bits per heavy atom. The van der Waals surface area contributed by atoms with E-state index in [4.69, 9.17) is 5.73 Å². The highest BCUT2D eigenvalue weighted by molar-refractivity contribution is 5.79. The van der Waals surface area contributed by atoms with Gasteiger partial charge in [0.2, 0.25) is 0 Å². The van der Waals surface area contributed by atoms with Gasteiger partial charge in [0.1, 0.15) is 0 Å². The molecule has 17 heavy (non-hydrogen) atoms. The summed E-state index contributed by atoms with van der Waals surface area (Å²) < 4.78 is 0. The first-order valence-corrected chi connectivity index (χ1v) is 6.02. The number of carbonyl (C=O) groups is 2. The Hall–Kier alpha value is -1.30. The predicted octanol–water partition coefficient (Wildman–Crippen LogP) is 0.232. The van der Waals surface area contributed by atoms with E-state index in [-0.39, 0.29) is 6.03 Å². The van der Waals surface area contributed by atoms with Crippen molar-refractivity contribution >= 4 is 12.0 Å². The summed E-state index contributed by atoms with van der Waals surface area (Å²) in [5.41, 5.74) is 4.57. The Labute approximate surface area is 101 Å². The summed E-state index contributed by atoms with van der Waals surface area (Å²) in [6.45, 7) is 3.73. The molecule has 0 aromatic carbocycles. The summed E-state index contributed by atoms with van der Waals surface area (Å²) in [6.07, 6.45) is 1.81. The van der Waals surface area contributed by atoms with E-state index in [1.54, 1.807) is 4.90 Å². The number of carboxylic acid groups (broad SMARTS) is 1. The average Bonchev–Trinajstić information content (AvgIpc) is 2.75. The third kappa shape index (κ3) is 3.09. The maximum atomic E-state index is 11.7. The van der Waals surface area contributed by atoms with E-state index in [0.717, 1.165) is 6.42 Å². The van der Waals surface area contributed by atoms with Gasteiger partial charge in [0.05, 0.1) is 5.41 Å². The molecule has 1 fully saturated rings. The molecular formula is C11H21N3O3. The smallest absolute Gasteiger partial charge is 0.317 e. The van der Waals surface area contributed by atoms with Crippen molar-refractivity contribution in [1.29, 1.82) is 0 Å². The van der Waals surface area contributed by atoms with Crippen LogP contribution in [0.5, 0.6) is 0 Å². The van der Waals surface area contributed by atoms with Crippen molar-refractivity contribution in [3.8, 4) is 0 Å². The fraction of sp³-hybridized carbons (Fsp3) is 0.818. The summed E-state index contributed by atoms with van der Waals surface area (Å²) >= 11 is 0. The molecule has 0 bridgehead atoms. The van der Waals surface area contributed by atoms with E-state index >= 15 is 0 Å². The zero-order valence-corrected chi connectivity index (χ0v) is 10.2. The highest BCUT2D eigenvalue weighted by Crippen LogP contribution is 2.34. The van der Waals surface area contributed by atoms with Crippen LogP contribution in [0.15, 0.2) is 0 Å². The van der Waals surface area contributed by atoms with Crippen LogP contribution in [0.25, 0.3) is 0 Å². The molecule has 0 aromatic rings. The van der Waals surface area contributed by atoms with Gasteiger partial charge < -0.3 is 21.1 Å². The molecule has 1 atom stereocenters. The van der Waals surface area contributed by atoms with Crippen LogP contribution in [0.4, 0.5) is 4.79 Å². The molecule has 1 saturated heterocycles. The van der Waals surface area contributed by atoms with Crippen LogP contribution in [0.1, 0.15) is 26.2 Å². The minimum absolute atomic E-state index is 0.185. The minimum Gasteiger partial charge on any atom is -0.481 e. The molecule has 1 unspecified atom stereocenters. The number of amides is 2. The number of likely N-dealkylation sites (tertiary alicyclic amines) is 1. The molecule has 0 spiro atoms. The van der Waals surface area contributed by atoms with Gasteiger partial charge in [0.25, 0.3) is 0 Å². The van der Waals surface area contributed by atoms with Crippen molar-refractivity contribution in [3.05, 3.63) is 0 Å². The van der Waals surface area contributed by atoms with Crippen LogP contribution in [0.3, 0.4) is 0 Å². The molecule has 1 aliphatic heterocycles. The molecule has 6 heteroatoms. The van der Waals surface area contributed by atoms with Gasteiger partial charge in [-0.1, -0.05) is 6.92 Å². The van der Waals surface area contributed by atoms with Gasteiger partial charge in [-0.15, -0.1) is 0 Å². The first kappa shape index (κ1) is 13.8. The van der Waals surface area contributed by atoms with Crippen LogP contribution in [0, 0.1) is 5.41 Å². The van der Waals surface area contributed by atoms with E-state index < -0.39 is 11.4 Å². The van der Waals surface area contributed by atoms with Gasteiger partial charge in [-0.2, -0.15) is 0 Å². The number of nitrogens with one attached hydrogen (secondary N) is 1. The molecule has 1 heterocycles. The van der Waals surface area contributed by atoms with Gasteiger partial charge in [0, 0.05) is 19.6 Å². The van der Waals surface area contributed by atoms with Gasteiger partial charge in [-0.05, 0) is 25.8 Å². The number of nitrogens with two attached hydrogens (primary N) is 1. The second-order valence-electron chi connectivity index (χ2n) is 4.48. The van der Waals surface area contributed by atoms with Crippen LogP contribution in [-0.2, 0) is 4.79 Å². The quantitative estimate of drug-likeness (QED) is 0.602. The number of urea groups is 1. The first-order valence-electron chi connectivity index (χ1n) is 6.02. The minimum atomic E-state index is -0.808. The third-order valence-electron chi connectivity index (χ3n) is 3.43. The Bertz CT molecular complexity index is 296. The molecule has 0 aliphatic carbocycles. The monoisotopic (exact) mass is 243 g/mol. The second kappa shape index (κ2) is 5.86. The van der Waals surface area contributed by atoms with Crippen molar-refractivity contribution in [2.24, 2.45) is 11.1 Å². The highest BCUT2D eigenvalue weighted by atomic mass is 16.4. The Kier molecular flexibility index (Phi) is 4.74. The van der Waals surface area contributed by atoms with E-state index in [1.165, 1.54) is 0 Å². The van der Waals surface area contributed by atoms with Crippen molar-refractivity contribution in [3.63, 3.8) is 0 Å². The summed E-state index contributed by atoms with van der Waals surface area (Å²) in [6, 6.07) is -0.185. The molecule has 4 N–H and O–H groups in total. The Morgan fingerprint density at radius 3 is 2.71 bits per heavy atom. The van der Waals surface area contributed by atoms with E-state index in [9.17, 15) is 14.7 Å². The Balaban J connectivity index is 2.49. The largest absolute Gasteiger partial charge is 0.481 e. The first-order chi connectivity index (χ1) is 8.05. The van der Waals surface area contributed by atoms with Crippen molar-refractivity contribution in [1.82, 2.24) is 10.2 Å². The number of hydrogen-bond acceptors (Lipinski definition) is 3. The molecule has 6 nitrogen and oxygen atoms in total. The van der Waals surface area contributed by atoms with Crippen LogP contribution < -0.4 is 11.1 Å². The van der Waals surface area contributed by atoms with Gasteiger partial charge >= 0.3 is 12.0 Å². The number of hydrogen-bond donors (Lipinski definition) is 3. The molecule has 0 radical (unpaired) electrons. The lowest BCUT2D eigenvalue weighted by Gasteiger charge is -2.23. The molecule has 0 saturated carbocycles. The maximum absolute atomic E-state index is 11.7. The topological polar surface area (TPSA) is 95.7 Å². The van der Waals surface area contributed by atoms with E-state index in [0.29, 0.717) is 39.0 Å². The number of rotatable bonds is 5. The van der Waals surface area contributed by atoms with Gasteiger partial charge in [-0.25, -0.2) is 4.79 Å². The average molecular weight is 243 g/mol. The van der Waals surface area contributed by atoms with E-state index in [2.05, 4.69) is 5.32 Å². The molecule has 1 rings (SSSR count). The lowest BCUT2D eigenvalue weighted by atomic mass is 9.84. The number of aliphatic carboxylic acids is 1. The second-order valence-corrected chi connectivity index (χ2v) is 4.48. The van der Waals surface area contributed by atoms with Crippen molar-refractivity contribution in [2.45, 2.75) is 26.2 Å². The SMILES string of the molecule is CCC1(C(=O)O)CCN(C(=O)NCCCN)C1. The zero-order valence-electron chi connectivity index (χ0n) is 10.2. The highest BCUT2D eigenvalue weighted by Gasteiger charge is 2.44. The Morgan fingerprint density at radius 2 is 2.24 bits per heavy atom. The lowest BCUT2D eigenvalue weighted by molar-refractivity contribution is -0.148. The van der Waals surface area contributed by atoms with E-state index in [1.807, 2.05) is 6.92 Å². The number of nitrogens with zero attached hydrogens (tertiary/aromatic N) is 1. The van der Waals surface area contributed by atoms with Crippen molar-refractivity contribution < 1.29 is 14.7 Å². The summed E-state index contributed by atoms with van der Waals surface area (Å²) in [4.78, 5) is 24.5. The van der Waals surface area contributed by atoms with Gasteiger partial charge in [0.15, 0.2) is 0 Å². The summed E-state index contributed by atoms with van der Waals surface area (Å²) in [5, 5.41) is 11.9. The summed E-state index contributed by atoms with van der Waals surface area (Å²) in [5.74, 6) is -0.808. The predicted molar refractivity (Wildman–Crippen MR) is 63.6 cm³/mol. The van der Waals surface area contributed by atoms with Crippen LogP contribution in [-0.4, -0.2) is 48.2 Å². The molecule has 98 valence electrons. The number of carbonyl (C=O) groups excluding carboxylic acids is 1. The molecule has 1 aliphatic rings. The molecule has 2 amide bonds. The standard InChI is InChI=1S/C11H21N3O3/c1-2-11(9(15)16)4-7-14(8-11)10(17)13-6-3-5-12/h2-8,12H2,1H3,(H,13,17)(H,15,16). The molecule has 0 aromatic heterocycles. The fourth-order valence-corrected chi connectivity index (χ4v) is 2.07. The van der Waals surface area contributed by atoms with Crippen LogP contribution in [0.2, 0.25) is 0 Å². The normalized spacial score (nSPS) is 23.8. The summed E-state index contributed by atoms with van der Waals surface area (Å²) in [7, 11) is 0. The van der Waals surface area contributed by atoms with Crippen molar-refractivity contribution in [2.75, 3.05) is 26.2 Å². The molecular weight excluding hydrogens is 222 g/mol. The number of carboxylic acids is 1. The fourth-order valence-electron chi connectivity index (χ4n) is 2.07. The van der Waals surface area contributed by atoms with Gasteiger partial charge in [-0.3, -0.25) is 4.79 Å². The zero-order chi connectivity index (χ0) is 12.9.